The highest BCUT2D eigenvalue weighted by molar-refractivity contribution is 7.16. The van der Waals surface area contributed by atoms with Gasteiger partial charge in [0.15, 0.2) is 0 Å². The SMILES string of the molecule is O=C(O)c1cnc(-c2ccc(F)cc2C(F)(F)F)s1. The maximum Gasteiger partial charge on any atom is 0.417 e. The van der Waals surface area contributed by atoms with Crippen LogP contribution in [0, 0.1) is 5.82 Å². The van der Waals surface area contributed by atoms with Gasteiger partial charge in [0.1, 0.15) is 15.7 Å². The number of alkyl halides is 3. The third-order valence-corrected chi connectivity index (χ3v) is 3.25. The van der Waals surface area contributed by atoms with E-state index in [2.05, 4.69) is 4.98 Å². The van der Waals surface area contributed by atoms with Crippen molar-refractivity contribution in [3.8, 4) is 10.6 Å². The lowest BCUT2D eigenvalue weighted by atomic mass is 10.1. The van der Waals surface area contributed by atoms with Crippen LogP contribution in [0.1, 0.15) is 15.2 Å². The molecular formula is C11H5F4NO2S. The lowest BCUT2D eigenvalue weighted by molar-refractivity contribution is -0.137. The fraction of sp³-hybridized carbons (Fsp3) is 0.0909. The standard InChI is InChI=1S/C11H5F4NO2S/c12-5-1-2-6(7(3-5)11(13,14)15)9-16-4-8(19-9)10(17)18/h1-4H,(H,17,18). The number of halogens is 4. The summed E-state index contributed by atoms with van der Waals surface area (Å²) < 4.78 is 51.2. The Bertz CT molecular complexity index is 636. The molecular weight excluding hydrogens is 286 g/mol. The number of carbonyl (C=O) groups is 1. The van der Waals surface area contributed by atoms with Crippen molar-refractivity contribution >= 4 is 17.3 Å². The summed E-state index contributed by atoms with van der Waals surface area (Å²) in [6, 6.07) is 2.16. The number of hydrogen-bond acceptors (Lipinski definition) is 3. The summed E-state index contributed by atoms with van der Waals surface area (Å²) in [5, 5.41) is 8.59. The molecule has 0 saturated carbocycles. The Balaban J connectivity index is 2.58. The second-order valence-electron chi connectivity index (χ2n) is 3.52. The van der Waals surface area contributed by atoms with Crippen molar-refractivity contribution in [2.75, 3.05) is 0 Å². The molecule has 1 N–H and O–H groups in total. The van der Waals surface area contributed by atoms with Gasteiger partial charge in [0, 0.05) is 5.56 Å². The molecule has 3 nitrogen and oxygen atoms in total. The van der Waals surface area contributed by atoms with Gasteiger partial charge >= 0.3 is 12.1 Å². The summed E-state index contributed by atoms with van der Waals surface area (Å²) in [5.74, 6) is -2.30. The molecule has 0 spiro atoms. The highest BCUT2D eigenvalue weighted by Gasteiger charge is 2.35. The molecule has 0 aliphatic rings. The van der Waals surface area contributed by atoms with Crippen LogP contribution in [0.4, 0.5) is 17.6 Å². The van der Waals surface area contributed by atoms with Gasteiger partial charge in [-0.3, -0.25) is 0 Å². The van der Waals surface area contributed by atoms with Crippen LogP contribution in [0.15, 0.2) is 24.4 Å². The number of aromatic carboxylic acids is 1. The third kappa shape index (κ3) is 2.73. The van der Waals surface area contributed by atoms with Gasteiger partial charge in [0.25, 0.3) is 0 Å². The van der Waals surface area contributed by atoms with Gasteiger partial charge < -0.3 is 5.11 Å². The fourth-order valence-electron chi connectivity index (χ4n) is 1.44. The van der Waals surface area contributed by atoms with E-state index < -0.39 is 23.5 Å². The first-order chi connectivity index (χ1) is 8.79. The number of hydrogen-bond donors (Lipinski definition) is 1. The van der Waals surface area contributed by atoms with E-state index in [1.807, 2.05) is 0 Å². The van der Waals surface area contributed by atoms with E-state index in [0.29, 0.717) is 17.4 Å². The van der Waals surface area contributed by atoms with Gasteiger partial charge in [-0.25, -0.2) is 14.2 Å². The van der Waals surface area contributed by atoms with Crippen molar-refractivity contribution in [2.45, 2.75) is 6.18 Å². The van der Waals surface area contributed by atoms with Crippen molar-refractivity contribution in [2.24, 2.45) is 0 Å². The Morgan fingerprint density at radius 3 is 2.53 bits per heavy atom. The molecule has 0 bridgehead atoms. The second kappa shape index (κ2) is 4.61. The molecule has 8 heteroatoms. The van der Waals surface area contributed by atoms with Crippen LogP contribution in [-0.2, 0) is 6.18 Å². The quantitative estimate of drug-likeness (QED) is 0.859. The van der Waals surface area contributed by atoms with Gasteiger partial charge in [-0.2, -0.15) is 13.2 Å². The van der Waals surface area contributed by atoms with Gasteiger partial charge in [-0.15, -0.1) is 11.3 Å². The number of thiazole rings is 1. The molecule has 1 aromatic heterocycles. The average Bonchev–Trinajstić information content (AvgIpc) is 2.77. The lowest BCUT2D eigenvalue weighted by Crippen LogP contribution is -2.07. The summed E-state index contributed by atoms with van der Waals surface area (Å²) in [4.78, 5) is 14.1. The normalized spacial score (nSPS) is 11.6. The fourth-order valence-corrected chi connectivity index (χ4v) is 2.23. The van der Waals surface area contributed by atoms with Crippen molar-refractivity contribution in [1.82, 2.24) is 4.98 Å². The molecule has 2 aromatic rings. The molecule has 0 aliphatic heterocycles. The van der Waals surface area contributed by atoms with Crippen molar-refractivity contribution in [1.29, 1.82) is 0 Å². The average molecular weight is 291 g/mol. The zero-order valence-electron chi connectivity index (χ0n) is 9.03. The molecule has 19 heavy (non-hydrogen) atoms. The predicted molar refractivity (Wildman–Crippen MR) is 59.5 cm³/mol. The number of nitrogens with zero attached hydrogens (tertiary/aromatic N) is 1. The lowest BCUT2D eigenvalue weighted by Gasteiger charge is -2.10. The Labute approximate surface area is 108 Å². The van der Waals surface area contributed by atoms with E-state index in [4.69, 9.17) is 5.11 Å². The summed E-state index contributed by atoms with van der Waals surface area (Å²) in [6.07, 6.45) is -3.78. The van der Waals surface area contributed by atoms with Crippen molar-refractivity contribution in [3.63, 3.8) is 0 Å². The first-order valence-corrected chi connectivity index (χ1v) is 5.67. The van der Waals surface area contributed by atoms with E-state index >= 15 is 0 Å². The van der Waals surface area contributed by atoms with Gasteiger partial charge in [0.05, 0.1) is 11.8 Å². The summed E-state index contributed by atoms with van der Waals surface area (Å²) in [5.41, 5.74) is -1.52. The monoisotopic (exact) mass is 291 g/mol. The zero-order chi connectivity index (χ0) is 14.2. The van der Waals surface area contributed by atoms with E-state index in [-0.39, 0.29) is 15.4 Å². The number of benzene rings is 1. The number of rotatable bonds is 2. The Morgan fingerprint density at radius 2 is 2.00 bits per heavy atom. The molecule has 100 valence electrons. The van der Waals surface area contributed by atoms with Crippen LogP contribution in [0.25, 0.3) is 10.6 Å². The van der Waals surface area contributed by atoms with Crippen molar-refractivity contribution < 1.29 is 27.5 Å². The Hall–Kier alpha value is -1.96. The van der Waals surface area contributed by atoms with E-state index in [1.165, 1.54) is 0 Å². The van der Waals surface area contributed by atoms with E-state index in [9.17, 15) is 22.4 Å². The minimum Gasteiger partial charge on any atom is -0.477 e. The smallest absolute Gasteiger partial charge is 0.417 e. The van der Waals surface area contributed by atoms with Gasteiger partial charge in [0.2, 0.25) is 0 Å². The van der Waals surface area contributed by atoms with Crippen LogP contribution in [0.5, 0.6) is 0 Å². The molecule has 0 unspecified atom stereocenters. The summed E-state index contributed by atoms with van der Waals surface area (Å²) >= 11 is 0.597. The molecule has 0 saturated heterocycles. The number of carboxylic acid groups (broad SMARTS) is 1. The molecule has 0 amide bonds. The molecule has 2 rings (SSSR count). The number of aromatic nitrogens is 1. The van der Waals surface area contributed by atoms with Crippen LogP contribution in [0.2, 0.25) is 0 Å². The van der Waals surface area contributed by atoms with Gasteiger partial charge in [-0.05, 0) is 18.2 Å². The maximum absolute atomic E-state index is 12.9. The van der Waals surface area contributed by atoms with E-state index in [1.54, 1.807) is 0 Å². The topological polar surface area (TPSA) is 50.2 Å². The zero-order valence-corrected chi connectivity index (χ0v) is 9.85. The first kappa shape index (κ1) is 13.5. The highest BCUT2D eigenvalue weighted by Crippen LogP contribution is 2.38. The molecule has 1 aromatic carbocycles. The molecule has 0 aliphatic carbocycles. The third-order valence-electron chi connectivity index (χ3n) is 2.23. The van der Waals surface area contributed by atoms with Crippen molar-refractivity contribution in [3.05, 3.63) is 40.7 Å². The Kier molecular flexibility index (Phi) is 3.27. The predicted octanol–water partition coefficient (Wildman–Crippen LogP) is 3.67. The minimum atomic E-state index is -4.74. The van der Waals surface area contributed by atoms with E-state index in [0.717, 1.165) is 18.3 Å². The summed E-state index contributed by atoms with van der Waals surface area (Å²) in [7, 11) is 0. The van der Waals surface area contributed by atoms with Crippen LogP contribution < -0.4 is 0 Å². The molecule has 0 radical (unpaired) electrons. The largest absolute Gasteiger partial charge is 0.477 e. The highest BCUT2D eigenvalue weighted by atomic mass is 32.1. The van der Waals surface area contributed by atoms with Gasteiger partial charge in [-0.1, -0.05) is 0 Å². The van der Waals surface area contributed by atoms with Crippen LogP contribution in [-0.4, -0.2) is 16.1 Å². The Morgan fingerprint density at radius 1 is 1.32 bits per heavy atom. The molecule has 1 heterocycles. The van der Waals surface area contributed by atoms with Crippen LogP contribution in [0.3, 0.4) is 0 Å². The van der Waals surface area contributed by atoms with Crippen LogP contribution >= 0.6 is 11.3 Å². The minimum absolute atomic E-state index is 0.121. The molecule has 0 fully saturated rings. The maximum atomic E-state index is 12.9. The number of carboxylic acids is 1. The first-order valence-electron chi connectivity index (χ1n) is 4.85. The second-order valence-corrected chi connectivity index (χ2v) is 4.55. The summed E-state index contributed by atoms with van der Waals surface area (Å²) in [6.45, 7) is 0. The molecule has 0 atom stereocenters.